The quantitative estimate of drug-likeness (QED) is 0.606. The van der Waals surface area contributed by atoms with Gasteiger partial charge in [-0.05, 0) is 51.0 Å². The van der Waals surface area contributed by atoms with Crippen LogP contribution >= 0.6 is 0 Å². The van der Waals surface area contributed by atoms with Crippen molar-refractivity contribution in [3.8, 4) is 5.69 Å². The van der Waals surface area contributed by atoms with E-state index in [1.165, 1.54) is 5.56 Å². The Labute approximate surface area is 184 Å². The fraction of sp³-hybridized carbons (Fsp3) is 0.308. The molecule has 5 nitrogen and oxygen atoms in total. The lowest BCUT2D eigenvalue weighted by molar-refractivity contribution is -0.117. The molecule has 0 saturated carbocycles. The van der Waals surface area contributed by atoms with Gasteiger partial charge in [-0.3, -0.25) is 9.69 Å². The van der Waals surface area contributed by atoms with E-state index >= 15 is 0 Å². The van der Waals surface area contributed by atoms with Gasteiger partial charge in [0.25, 0.3) is 0 Å². The van der Waals surface area contributed by atoms with E-state index in [9.17, 15) is 4.79 Å². The topological polar surface area (TPSA) is 50.2 Å². The predicted molar refractivity (Wildman–Crippen MR) is 125 cm³/mol. The van der Waals surface area contributed by atoms with Gasteiger partial charge in [0.1, 0.15) is 0 Å². The highest BCUT2D eigenvalue weighted by Crippen LogP contribution is 2.24. The smallest absolute Gasteiger partial charge is 0.244 e. The normalized spacial score (nSPS) is 17.8. The zero-order valence-corrected chi connectivity index (χ0v) is 18.5. The van der Waals surface area contributed by atoms with Gasteiger partial charge in [-0.15, -0.1) is 0 Å². The van der Waals surface area contributed by atoms with E-state index < -0.39 is 0 Å². The maximum atomic E-state index is 12.6. The van der Waals surface area contributed by atoms with E-state index in [4.69, 9.17) is 0 Å². The Bertz CT molecular complexity index is 1060. The molecule has 0 bridgehead atoms. The number of likely N-dealkylation sites (tertiary alicyclic amines) is 1. The summed E-state index contributed by atoms with van der Waals surface area (Å²) in [6.45, 7) is 8.11. The average Bonchev–Trinajstić information content (AvgIpc) is 3.37. The summed E-state index contributed by atoms with van der Waals surface area (Å²) in [5.74, 6) is -0.0505. The summed E-state index contributed by atoms with van der Waals surface area (Å²) in [6.07, 6.45) is 4.49. The Kier molecular flexibility index (Phi) is 6.33. The van der Waals surface area contributed by atoms with E-state index in [0.29, 0.717) is 6.04 Å². The molecule has 2 unspecified atom stereocenters. The summed E-state index contributed by atoms with van der Waals surface area (Å²) in [6, 6.07) is 21.1. The number of rotatable bonds is 6. The lowest BCUT2D eigenvalue weighted by Gasteiger charge is -2.24. The van der Waals surface area contributed by atoms with Crippen molar-refractivity contribution in [3.05, 3.63) is 89.3 Å². The number of carbonyl (C=O) groups excluding carboxylic acids is 1. The summed E-state index contributed by atoms with van der Waals surface area (Å²) in [5.41, 5.74) is 5.26. The number of benzene rings is 2. The fourth-order valence-electron chi connectivity index (χ4n) is 4.32. The number of aryl methyl sites for hydroxylation is 1. The molecule has 3 aromatic rings. The number of hydrogen-bond acceptors (Lipinski definition) is 3. The number of aromatic nitrogens is 2. The lowest BCUT2D eigenvalue weighted by Crippen LogP contribution is -2.36. The molecule has 1 aliphatic heterocycles. The van der Waals surface area contributed by atoms with Gasteiger partial charge in [-0.2, -0.15) is 5.10 Å². The number of amides is 1. The van der Waals surface area contributed by atoms with Crippen LogP contribution in [0.1, 0.15) is 41.9 Å². The Morgan fingerprint density at radius 1 is 1.10 bits per heavy atom. The Morgan fingerprint density at radius 3 is 2.48 bits per heavy atom. The molecule has 1 N–H and O–H groups in total. The van der Waals surface area contributed by atoms with E-state index in [2.05, 4.69) is 46.5 Å². The molecule has 0 aliphatic carbocycles. The van der Waals surface area contributed by atoms with E-state index in [0.717, 1.165) is 42.1 Å². The highest BCUT2D eigenvalue weighted by atomic mass is 16.1. The largest absolute Gasteiger partial charge is 0.348 e. The van der Waals surface area contributed by atoms with Crippen LogP contribution in [0.25, 0.3) is 11.8 Å². The van der Waals surface area contributed by atoms with Gasteiger partial charge in [0.2, 0.25) is 5.91 Å². The van der Waals surface area contributed by atoms with Crippen molar-refractivity contribution < 1.29 is 4.79 Å². The van der Waals surface area contributed by atoms with Crippen molar-refractivity contribution >= 4 is 12.0 Å². The lowest BCUT2D eigenvalue weighted by atomic mass is 10.1. The second-order valence-electron chi connectivity index (χ2n) is 8.24. The van der Waals surface area contributed by atoms with Crippen molar-refractivity contribution in [2.75, 3.05) is 13.1 Å². The van der Waals surface area contributed by atoms with Crippen LogP contribution in [0.15, 0.2) is 66.7 Å². The van der Waals surface area contributed by atoms with Gasteiger partial charge >= 0.3 is 0 Å². The Morgan fingerprint density at radius 2 is 1.77 bits per heavy atom. The molecule has 1 saturated heterocycles. The first-order chi connectivity index (χ1) is 15.0. The third-order valence-corrected chi connectivity index (χ3v) is 6.15. The molecule has 1 aromatic heterocycles. The van der Waals surface area contributed by atoms with Crippen molar-refractivity contribution in [2.45, 2.75) is 39.3 Å². The Hall–Kier alpha value is -3.18. The zero-order chi connectivity index (χ0) is 21.8. The monoisotopic (exact) mass is 414 g/mol. The van der Waals surface area contributed by atoms with Gasteiger partial charge in [0, 0.05) is 42.5 Å². The molecular weight excluding hydrogens is 384 g/mol. The molecule has 31 heavy (non-hydrogen) atoms. The highest BCUT2D eigenvalue weighted by Gasteiger charge is 2.27. The number of carbonyl (C=O) groups is 1. The molecule has 2 atom stereocenters. The first-order valence-electron chi connectivity index (χ1n) is 10.9. The Balaban J connectivity index is 1.37. The van der Waals surface area contributed by atoms with E-state index in [-0.39, 0.29) is 11.9 Å². The standard InChI is InChI=1S/C26H30N4O/c1-19-25(21(3)30(28-19)24-12-8-5-9-13-24)14-15-26(31)27-23-16-17-29(18-23)20(2)22-10-6-4-7-11-22/h4-15,20,23H,16-18H2,1-3H3,(H,27,31)/b15-14+. The minimum Gasteiger partial charge on any atom is -0.348 e. The van der Waals surface area contributed by atoms with Crippen LogP contribution in [0, 0.1) is 13.8 Å². The molecule has 1 fully saturated rings. The number of hydrogen-bond donors (Lipinski definition) is 1. The van der Waals surface area contributed by atoms with Crippen LogP contribution in [-0.2, 0) is 4.79 Å². The van der Waals surface area contributed by atoms with Crippen LogP contribution in [0.2, 0.25) is 0 Å². The van der Waals surface area contributed by atoms with Crippen molar-refractivity contribution in [2.24, 2.45) is 0 Å². The number of para-hydroxylation sites is 1. The minimum atomic E-state index is -0.0505. The van der Waals surface area contributed by atoms with Crippen molar-refractivity contribution in [3.63, 3.8) is 0 Å². The molecule has 5 heteroatoms. The summed E-state index contributed by atoms with van der Waals surface area (Å²) in [4.78, 5) is 15.0. The molecule has 1 amide bonds. The molecule has 4 rings (SSSR count). The molecule has 2 heterocycles. The highest BCUT2D eigenvalue weighted by molar-refractivity contribution is 5.92. The average molecular weight is 415 g/mol. The fourth-order valence-corrected chi connectivity index (χ4v) is 4.32. The number of nitrogens with zero attached hydrogens (tertiary/aromatic N) is 3. The molecule has 1 aliphatic rings. The first kappa shape index (κ1) is 21.1. The summed E-state index contributed by atoms with van der Waals surface area (Å²) < 4.78 is 1.92. The van der Waals surface area contributed by atoms with Gasteiger partial charge < -0.3 is 5.32 Å². The molecular formula is C26H30N4O. The van der Waals surface area contributed by atoms with Crippen LogP contribution < -0.4 is 5.32 Å². The van der Waals surface area contributed by atoms with Crippen molar-refractivity contribution in [1.82, 2.24) is 20.0 Å². The van der Waals surface area contributed by atoms with Gasteiger partial charge in [0.15, 0.2) is 0 Å². The second kappa shape index (κ2) is 9.31. The number of nitrogens with one attached hydrogen (secondary N) is 1. The van der Waals surface area contributed by atoms with E-state index in [1.54, 1.807) is 6.08 Å². The first-order valence-corrected chi connectivity index (χ1v) is 10.9. The van der Waals surface area contributed by atoms with Crippen LogP contribution in [0.4, 0.5) is 0 Å². The zero-order valence-electron chi connectivity index (χ0n) is 18.5. The molecule has 0 spiro atoms. The van der Waals surface area contributed by atoms with Gasteiger partial charge in [-0.1, -0.05) is 48.5 Å². The summed E-state index contributed by atoms with van der Waals surface area (Å²) in [7, 11) is 0. The minimum absolute atomic E-state index is 0.0505. The third-order valence-electron chi connectivity index (χ3n) is 6.15. The van der Waals surface area contributed by atoms with Crippen LogP contribution in [-0.4, -0.2) is 39.7 Å². The van der Waals surface area contributed by atoms with E-state index in [1.807, 2.05) is 61.0 Å². The van der Waals surface area contributed by atoms with Crippen LogP contribution in [0.5, 0.6) is 0 Å². The molecule has 160 valence electrons. The second-order valence-corrected chi connectivity index (χ2v) is 8.24. The van der Waals surface area contributed by atoms with Gasteiger partial charge in [0.05, 0.1) is 11.4 Å². The maximum absolute atomic E-state index is 12.6. The van der Waals surface area contributed by atoms with Crippen LogP contribution in [0.3, 0.4) is 0 Å². The summed E-state index contributed by atoms with van der Waals surface area (Å²) in [5, 5.41) is 7.82. The predicted octanol–water partition coefficient (Wildman–Crippen LogP) is 4.45. The van der Waals surface area contributed by atoms with Gasteiger partial charge in [-0.25, -0.2) is 4.68 Å². The maximum Gasteiger partial charge on any atom is 0.244 e. The summed E-state index contributed by atoms with van der Waals surface area (Å²) >= 11 is 0. The molecule has 2 aromatic carbocycles. The SMILES string of the molecule is Cc1nn(-c2ccccc2)c(C)c1/C=C/C(=O)NC1CCN(C(C)c2ccccc2)C1. The third kappa shape index (κ3) is 4.78. The molecule has 0 radical (unpaired) electrons. The van der Waals surface area contributed by atoms with Crippen molar-refractivity contribution in [1.29, 1.82) is 0 Å².